The highest BCUT2D eigenvalue weighted by Crippen LogP contribution is 2.12. The molecule has 0 bridgehead atoms. The molecule has 0 spiro atoms. The van der Waals surface area contributed by atoms with Crippen molar-refractivity contribution in [2.75, 3.05) is 7.05 Å². The van der Waals surface area contributed by atoms with E-state index in [0.717, 1.165) is 11.4 Å². The third-order valence-corrected chi connectivity index (χ3v) is 3.10. The van der Waals surface area contributed by atoms with Gasteiger partial charge in [0.1, 0.15) is 0 Å². The smallest absolute Gasteiger partial charge is 0.246 e. The molecule has 0 saturated carbocycles. The number of amides is 2. The second-order valence-corrected chi connectivity index (χ2v) is 4.24. The molecule has 17 heavy (non-hydrogen) atoms. The molecule has 92 valence electrons. The third kappa shape index (κ3) is 2.36. The van der Waals surface area contributed by atoms with E-state index in [1.165, 1.54) is 11.9 Å². The summed E-state index contributed by atoms with van der Waals surface area (Å²) in [5, 5.41) is 3.14. The van der Waals surface area contributed by atoms with Crippen molar-refractivity contribution in [1.29, 1.82) is 0 Å². The number of rotatable bonds is 3. The average Bonchev–Trinajstić information content (AvgIpc) is 2.71. The first-order valence-corrected chi connectivity index (χ1v) is 5.62. The summed E-state index contributed by atoms with van der Waals surface area (Å²) in [5.41, 5.74) is 1.89. The number of imide groups is 1. The maximum atomic E-state index is 11.8. The van der Waals surface area contributed by atoms with Crippen LogP contribution >= 0.6 is 0 Å². The molecular weight excluding hydrogens is 220 g/mol. The molecule has 1 aromatic rings. The molecule has 2 heterocycles. The van der Waals surface area contributed by atoms with Gasteiger partial charge in [0.15, 0.2) is 0 Å². The summed E-state index contributed by atoms with van der Waals surface area (Å²) in [6, 6.07) is -0.284. The molecule has 1 atom stereocenters. The average molecular weight is 236 g/mol. The van der Waals surface area contributed by atoms with Gasteiger partial charge in [-0.05, 0) is 13.3 Å². The van der Waals surface area contributed by atoms with E-state index < -0.39 is 0 Å². The Bertz CT molecular complexity index is 440. The topological polar surface area (TPSA) is 78.1 Å². The number of imidazole rings is 1. The number of piperidine rings is 1. The predicted octanol–water partition coefficient (Wildman–Crippen LogP) is -0.0449. The zero-order valence-electron chi connectivity index (χ0n) is 9.99. The van der Waals surface area contributed by atoms with Gasteiger partial charge in [-0.25, -0.2) is 4.98 Å². The summed E-state index contributed by atoms with van der Waals surface area (Å²) in [5.74, 6) is -0.265. The fourth-order valence-corrected chi connectivity index (χ4v) is 1.89. The van der Waals surface area contributed by atoms with Crippen molar-refractivity contribution in [3.05, 3.63) is 17.7 Å². The Morgan fingerprint density at radius 2 is 2.35 bits per heavy atom. The Morgan fingerprint density at radius 3 is 3.00 bits per heavy atom. The number of aromatic amines is 1. The lowest BCUT2D eigenvalue weighted by Crippen LogP contribution is -2.51. The lowest BCUT2D eigenvalue weighted by atomic mass is 10.0. The molecular formula is C11H16N4O2. The number of carbonyl (C=O) groups is 2. The van der Waals surface area contributed by atoms with Crippen LogP contribution in [0.1, 0.15) is 24.2 Å². The lowest BCUT2D eigenvalue weighted by Gasteiger charge is -2.28. The summed E-state index contributed by atoms with van der Waals surface area (Å²) < 4.78 is 0. The Balaban J connectivity index is 1.94. The molecule has 6 nitrogen and oxygen atoms in total. The van der Waals surface area contributed by atoms with Crippen LogP contribution in [0.4, 0.5) is 0 Å². The van der Waals surface area contributed by atoms with E-state index in [0.29, 0.717) is 19.4 Å². The van der Waals surface area contributed by atoms with E-state index in [9.17, 15) is 9.59 Å². The van der Waals surface area contributed by atoms with Crippen LogP contribution in [0.2, 0.25) is 0 Å². The molecule has 0 aliphatic carbocycles. The minimum absolute atomic E-state index is 0.107. The number of likely N-dealkylation sites (N-methyl/N-ethyl adjacent to an activating group) is 1. The number of likely N-dealkylation sites (tertiary alicyclic amines) is 1. The molecule has 2 rings (SSSR count). The van der Waals surface area contributed by atoms with E-state index in [4.69, 9.17) is 0 Å². The fraction of sp³-hybridized carbons (Fsp3) is 0.545. The number of aromatic nitrogens is 2. The molecule has 2 N–H and O–H groups in total. The Labute approximate surface area is 99.4 Å². The van der Waals surface area contributed by atoms with Gasteiger partial charge in [-0.2, -0.15) is 0 Å². The molecule has 1 unspecified atom stereocenters. The van der Waals surface area contributed by atoms with Gasteiger partial charge in [-0.1, -0.05) is 0 Å². The Kier molecular flexibility index (Phi) is 3.23. The molecule has 0 radical (unpaired) electrons. The van der Waals surface area contributed by atoms with Crippen LogP contribution in [0.15, 0.2) is 6.33 Å². The molecule has 1 fully saturated rings. The highest BCUT2D eigenvalue weighted by Gasteiger charge is 2.31. The van der Waals surface area contributed by atoms with Crippen LogP contribution in [-0.2, 0) is 16.1 Å². The zero-order chi connectivity index (χ0) is 12.4. The van der Waals surface area contributed by atoms with E-state index in [2.05, 4.69) is 15.3 Å². The standard InChI is InChI=1S/C11H16N4O2/c1-7-9(14-6-13-7)5-12-8-3-4-10(16)15(2)11(8)17/h6,8,12H,3-5H2,1-2H3,(H,13,14). The van der Waals surface area contributed by atoms with Gasteiger partial charge in [0.25, 0.3) is 0 Å². The van der Waals surface area contributed by atoms with Gasteiger partial charge in [-0.3, -0.25) is 14.5 Å². The minimum Gasteiger partial charge on any atom is -0.348 e. The first-order valence-electron chi connectivity index (χ1n) is 5.62. The van der Waals surface area contributed by atoms with Crippen LogP contribution in [0.5, 0.6) is 0 Å². The van der Waals surface area contributed by atoms with Gasteiger partial charge in [0, 0.05) is 25.7 Å². The summed E-state index contributed by atoms with van der Waals surface area (Å²) in [7, 11) is 1.53. The summed E-state index contributed by atoms with van der Waals surface area (Å²) in [6.07, 6.45) is 2.61. The van der Waals surface area contributed by atoms with Gasteiger partial charge >= 0.3 is 0 Å². The highest BCUT2D eigenvalue weighted by atomic mass is 16.2. The van der Waals surface area contributed by atoms with E-state index in [-0.39, 0.29) is 17.9 Å². The van der Waals surface area contributed by atoms with E-state index in [1.54, 1.807) is 6.33 Å². The molecule has 1 saturated heterocycles. The Morgan fingerprint density at radius 1 is 1.59 bits per heavy atom. The number of nitrogens with one attached hydrogen (secondary N) is 2. The largest absolute Gasteiger partial charge is 0.348 e. The van der Waals surface area contributed by atoms with Crippen molar-refractivity contribution < 1.29 is 9.59 Å². The first-order chi connectivity index (χ1) is 8.09. The molecule has 1 aromatic heterocycles. The van der Waals surface area contributed by atoms with Crippen LogP contribution in [-0.4, -0.2) is 39.8 Å². The van der Waals surface area contributed by atoms with Crippen LogP contribution in [0.25, 0.3) is 0 Å². The monoisotopic (exact) mass is 236 g/mol. The quantitative estimate of drug-likeness (QED) is 0.722. The minimum atomic E-state index is -0.284. The van der Waals surface area contributed by atoms with Gasteiger partial charge in [-0.15, -0.1) is 0 Å². The van der Waals surface area contributed by atoms with Crippen molar-refractivity contribution in [3.8, 4) is 0 Å². The third-order valence-electron chi connectivity index (χ3n) is 3.10. The second-order valence-electron chi connectivity index (χ2n) is 4.24. The number of hydrogen-bond donors (Lipinski definition) is 2. The van der Waals surface area contributed by atoms with Crippen molar-refractivity contribution >= 4 is 11.8 Å². The number of hydrogen-bond acceptors (Lipinski definition) is 4. The van der Waals surface area contributed by atoms with Crippen molar-refractivity contribution in [3.63, 3.8) is 0 Å². The normalized spacial score (nSPS) is 21.1. The number of nitrogens with zero attached hydrogens (tertiary/aromatic N) is 2. The number of aryl methyl sites for hydroxylation is 1. The second kappa shape index (κ2) is 4.67. The summed E-state index contributed by atoms with van der Waals surface area (Å²) >= 11 is 0. The predicted molar refractivity (Wildman–Crippen MR) is 61.0 cm³/mol. The molecule has 0 aromatic carbocycles. The molecule has 1 aliphatic heterocycles. The lowest BCUT2D eigenvalue weighted by molar-refractivity contribution is -0.148. The molecule has 1 aliphatic rings. The summed E-state index contributed by atoms with van der Waals surface area (Å²) in [6.45, 7) is 2.47. The van der Waals surface area contributed by atoms with Crippen LogP contribution in [0.3, 0.4) is 0 Å². The van der Waals surface area contributed by atoms with Crippen molar-refractivity contribution in [2.24, 2.45) is 0 Å². The molecule has 2 amide bonds. The first kappa shape index (κ1) is 11.8. The summed E-state index contributed by atoms with van der Waals surface area (Å²) in [4.78, 5) is 31.4. The van der Waals surface area contributed by atoms with Crippen LogP contribution in [0, 0.1) is 6.92 Å². The number of H-pyrrole nitrogens is 1. The van der Waals surface area contributed by atoms with Gasteiger partial charge in [0.2, 0.25) is 11.8 Å². The Hall–Kier alpha value is -1.69. The van der Waals surface area contributed by atoms with Crippen molar-refractivity contribution in [2.45, 2.75) is 32.4 Å². The fourth-order valence-electron chi connectivity index (χ4n) is 1.89. The highest BCUT2D eigenvalue weighted by molar-refractivity contribution is 6.00. The molecule has 6 heteroatoms. The van der Waals surface area contributed by atoms with E-state index >= 15 is 0 Å². The van der Waals surface area contributed by atoms with Gasteiger partial charge in [0.05, 0.1) is 18.1 Å². The van der Waals surface area contributed by atoms with Crippen LogP contribution < -0.4 is 5.32 Å². The SMILES string of the molecule is Cc1[nH]cnc1CNC1CCC(=O)N(C)C1=O. The van der Waals surface area contributed by atoms with E-state index in [1.807, 2.05) is 6.92 Å². The number of carbonyl (C=O) groups excluding carboxylic acids is 2. The van der Waals surface area contributed by atoms with Gasteiger partial charge < -0.3 is 10.3 Å². The zero-order valence-corrected chi connectivity index (χ0v) is 9.99. The maximum absolute atomic E-state index is 11.8. The van der Waals surface area contributed by atoms with Crippen molar-refractivity contribution in [1.82, 2.24) is 20.2 Å². The maximum Gasteiger partial charge on any atom is 0.246 e.